The molecule has 0 aliphatic carbocycles. The van der Waals surface area contributed by atoms with Gasteiger partial charge in [0.2, 0.25) is 0 Å². The molecule has 0 unspecified atom stereocenters. The van der Waals surface area contributed by atoms with Crippen molar-refractivity contribution in [1.82, 2.24) is 10.2 Å². The fourth-order valence-corrected chi connectivity index (χ4v) is 3.58. The molecule has 3 rings (SSSR count). The van der Waals surface area contributed by atoms with E-state index in [0.717, 1.165) is 32.5 Å². The van der Waals surface area contributed by atoms with E-state index in [2.05, 4.69) is 10.2 Å². The van der Waals surface area contributed by atoms with Crippen molar-refractivity contribution in [3.63, 3.8) is 0 Å². The minimum atomic E-state index is -0.462. The number of piperidine rings is 1. The number of benzene rings is 1. The molecule has 2 aliphatic heterocycles. The minimum Gasteiger partial charge on any atom is -0.486 e. The van der Waals surface area contributed by atoms with Gasteiger partial charge in [0.05, 0.1) is 11.7 Å². The second-order valence-corrected chi connectivity index (χ2v) is 7.07. The third-order valence-electron chi connectivity index (χ3n) is 5.06. The van der Waals surface area contributed by atoms with Gasteiger partial charge in [-0.3, -0.25) is 4.79 Å². The van der Waals surface area contributed by atoms with Crippen molar-refractivity contribution in [1.29, 1.82) is 0 Å². The van der Waals surface area contributed by atoms with Gasteiger partial charge >= 0.3 is 0 Å². The number of nitrogen functional groups attached to an aromatic ring is 1. The molecule has 0 aromatic heterocycles. The third-order valence-corrected chi connectivity index (χ3v) is 5.06. The fraction of sp³-hybridized carbons (Fsp3) is 0.632. The molecule has 2 atom stereocenters. The van der Waals surface area contributed by atoms with Crippen molar-refractivity contribution in [3.05, 3.63) is 17.7 Å². The van der Waals surface area contributed by atoms with Crippen LogP contribution in [0.4, 0.5) is 5.69 Å². The maximum atomic E-state index is 12.6. The summed E-state index contributed by atoms with van der Waals surface area (Å²) in [7, 11) is 1.69. The van der Waals surface area contributed by atoms with Crippen LogP contribution in [0.2, 0.25) is 0 Å². The number of amides is 1. The molecule has 0 radical (unpaired) electrons. The summed E-state index contributed by atoms with van der Waals surface area (Å²) in [6.07, 6.45) is 1.33. The largest absolute Gasteiger partial charge is 0.486 e. The topological polar surface area (TPSA) is 106 Å². The fourth-order valence-electron chi connectivity index (χ4n) is 3.58. The van der Waals surface area contributed by atoms with Crippen molar-refractivity contribution in [3.8, 4) is 11.5 Å². The number of nitrogens with one attached hydrogen (secondary N) is 1. The Balaban J connectivity index is 1.53. The molecule has 8 nitrogen and oxygen atoms in total. The Morgan fingerprint density at radius 3 is 3.00 bits per heavy atom. The molecule has 0 saturated carbocycles. The molecule has 0 bridgehead atoms. The van der Waals surface area contributed by atoms with Crippen LogP contribution in [0.25, 0.3) is 0 Å². The Kier molecular flexibility index (Phi) is 6.76. The Labute approximate surface area is 159 Å². The highest BCUT2D eigenvalue weighted by molar-refractivity contribution is 5.99. The standard InChI is InChI=1S/C19H29N3O5/c1-25-6-2-4-22-5-3-13(16(23)12-22)11-21-19(24)15-9-14(20)10-17-18(15)27-8-7-26-17/h9-10,13,16,23H,2-8,11-12,20H2,1H3,(H,21,24)/t13-,16+/m0/s1. The number of anilines is 1. The number of carbonyl (C=O) groups is 1. The number of carbonyl (C=O) groups excluding carboxylic acids is 1. The van der Waals surface area contributed by atoms with Crippen LogP contribution in [0, 0.1) is 5.92 Å². The average Bonchev–Trinajstić information content (AvgIpc) is 2.66. The molecule has 1 fully saturated rings. The number of β-amino-alcohol motifs (C(OH)–C–C–N with tert-alkyl or cyclic N) is 1. The molecule has 1 aromatic carbocycles. The van der Waals surface area contributed by atoms with Crippen molar-refractivity contribution in [2.75, 3.05) is 58.8 Å². The first-order valence-corrected chi connectivity index (χ1v) is 9.45. The van der Waals surface area contributed by atoms with E-state index in [0.29, 0.717) is 49.1 Å². The highest BCUT2D eigenvalue weighted by atomic mass is 16.6. The Bertz CT molecular complexity index is 654. The van der Waals surface area contributed by atoms with Crippen molar-refractivity contribution >= 4 is 11.6 Å². The van der Waals surface area contributed by atoms with Gasteiger partial charge < -0.3 is 35.3 Å². The first-order chi connectivity index (χ1) is 13.1. The number of aliphatic hydroxyl groups excluding tert-OH is 1. The van der Waals surface area contributed by atoms with Crippen LogP contribution in [0.1, 0.15) is 23.2 Å². The van der Waals surface area contributed by atoms with E-state index in [1.165, 1.54) is 0 Å². The SMILES string of the molecule is COCCCN1CC[C@@H](CNC(=O)c2cc(N)cc3c2OCCO3)[C@H](O)C1. The lowest BCUT2D eigenvalue weighted by Gasteiger charge is -2.36. The maximum Gasteiger partial charge on any atom is 0.255 e. The normalized spacial score (nSPS) is 22.4. The molecule has 1 saturated heterocycles. The van der Waals surface area contributed by atoms with Gasteiger partial charge in [0.15, 0.2) is 11.5 Å². The monoisotopic (exact) mass is 379 g/mol. The van der Waals surface area contributed by atoms with E-state index in [-0.39, 0.29) is 11.8 Å². The molecule has 2 heterocycles. The molecule has 2 aliphatic rings. The summed E-state index contributed by atoms with van der Waals surface area (Å²) >= 11 is 0. The Morgan fingerprint density at radius 2 is 2.22 bits per heavy atom. The Hall–Kier alpha value is -2.03. The second kappa shape index (κ2) is 9.25. The summed E-state index contributed by atoms with van der Waals surface area (Å²) < 4.78 is 16.2. The summed E-state index contributed by atoms with van der Waals surface area (Å²) in [5.74, 6) is 0.692. The first-order valence-electron chi connectivity index (χ1n) is 9.45. The Morgan fingerprint density at radius 1 is 1.41 bits per heavy atom. The smallest absolute Gasteiger partial charge is 0.255 e. The van der Waals surface area contributed by atoms with Crippen molar-refractivity contribution in [2.45, 2.75) is 18.9 Å². The van der Waals surface area contributed by atoms with E-state index in [4.69, 9.17) is 19.9 Å². The van der Waals surface area contributed by atoms with Gasteiger partial charge in [0.1, 0.15) is 13.2 Å². The first kappa shape index (κ1) is 19.7. The van der Waals surface area contributed by atoms with Crippen LogP contribution in [-0.4, -0.2) is 75.1 Å². The molecule has 27 heavy (non-hydrogen) atoms. The van der Waals surface area contributed by atoms with Crippen LogP contribution >= 0.6 is 0 Å². The van der Waals surface area contributed by atoms with Gasteiger partial charge in [-0.2, -0.15) is 0 Å². The number of nitrogens with two attached hydrogens (primary N) is 1. The lowest BCUT2D eigenvalue weighted by Crippen LogP contribution is -2.48. The third kappa shape index (κ3) is 5.03. The summed E-state index contributed by atoms with van der Waals surface area (Å²) in [5.41, 5.74) is 6.70. The number of hydrogen-bond donors (Lipinski definition) is 3. The molecular formula is C19H29N3O5. The molecule has 8 heteroatoms. The lowest BCUT2D eigenvalue weighted by atomic mass is 9.93. The van der Waals surface area contributed by atoms with E-state index >= 15 is 0 Å². The summed E-state index contributed by atoms with van der Waals surface area (Å²) in [4.78, 5) is 14.9. The summed E-state index contributed by atoms with van der Waals surface area (Å²) in [6, 6.07) is 3.26. The van der Waals surface area contributed by atoms with Gasteiger partial charge in [0, 0.05) is 51.0 Å². The zero-order chi connectivity index (χ0) is 19.2. The number of hydrogen-bond acceptors (Lipinski definition) is 7. The van der Waals surface area contributed by atoms with E-state index < -0.39 is 6.10 Å². The number of rotatable bonds is 7. The van der Waals surface area contributed by atoms with Gasteiger partial charge in [-0.15, -0.1) is 0 Å². The van der Waals surface area contributed by atoms with E-state index in [1.807, 2.05) is 0 Å². The summed E-state index contributed by atoms with van der Waals surface area (Å²) in [5, 5.41) is 13.3. The quantitative estimate of drug-likeness (QED) is 0.468. The molecule has 4 N–H and O–H groups in total. The lowest BCUT2D eigenvalue weighted by molar-refractivity contribution is 0.0192. The summed E-state index contributed by atoms with van der Waals surface area (Å²) in [6.45, 7) is 4.42. The van der Waals surface area contributed by atoms with Crippen LogP contribution in [0.15, 0.2) is 12.1 Å². The number of methoxy groups -OCH3 is 1. The van der Waals surface area contributed by atoms with Gasteiger partial charge in [0.25, 0.3) is 5.91 Å². The molecule has 150 valence electrons. The average molecular weight is 379 g/mol. The van der Waals surface area contributed by atoms with Gasteiger partial charge in [-0.1, -0.05) is 0 Å². The zero-order valence-corrected chi connectivity index (χ0v) is 15.8. The molecule has 1 aromatic rings. The minimum absolute atomic E-state index is 0.0293. The second-order valence-electron chi connectivity index (χ2n) is 7.07. The molecule has 0 spiro atoms. The predicted molar refractivity (Wildman–Crippen MR) is 101 cm³/mol. The molecular weight excluding hydrogens is 350 g/mol. The number of likely N-dealkylation sites (tertiary alicyclic amines) is 1. The van der Waals surface area contributed by atoms with Gasteiger partial charge in [-0.05, 0) is 25.5 Å². The van der Waals surface area contributed by atoms with E-state index in [9.17, 15) is 9.90 Å². The molecule has 1 amide bonds. The number of ether oxygens (including phenoxy) is 3. The van der Waals surface area contributed by atoms with Crippen LogP contribution < -0.4 is 20.5 Å². The number of aliphatic hydroxyl groups is 1. The highest BCUT2D eigenvalue weighted by Crippen LogP contribution is 2.36. The van der Waals surface area contributed by atoms with Crippen LogP contribution in [-0.2, 0) is 4.74 Å². The zero-order valence-electron chi connectivity index (χ0n) is 15.8. The van der Waals surface area contributed by atoms with Crippen LogP contribution in [0.3, 0.4) is 0 Å². The highest BCUT2D eigenvalue weighted by Gasteiger charge is 2.28. The maximum absolute atomic E-state index is 12.6. The predicted octanol–water partition coefficient (Wildman–Crippen LogP) is 0.489. The number of fused-ring (bicyclic) bond motifs is 1. The van der Waals surface area contributed by atoms with Crippen molar-refractivity contribution < 1.29 is 24.1 Å². The van der Waals surface area contributed by atoms with Crippen molar-refractivity contribution in [2.24, 2.45) is 5.92 Å². The van der Waals surface area contributed by atoms with E-state index in [1.54, 1.807) is 19.2 Å². The van der Waals surface area contributed by atoms with Gasteiger partial charge in [-0.25, -0.2) is 0 Å². The number of nitrogens with zero attached hydrogens (tertiary/aromatic N) is 1. The van der Waals surface area contributed by atoms with Crippen LogP contribution in [0.5, 0.6) is 11.5 Å².